The highest BCUT2D eigenvalue weighted by Gasteiger charge is 2.55. The van der Waals surface area contributed by atoms with Crippen LogP contribution in [0.2, 0.25) is 0 Å². The number of pyridine rings is 1. The first-order valence-electron chi connectivity index (χ1n) is 12.0. The summed E-state index contributed by atoms with van der Waals surface area (Å²) in [6.07, 6.45) is 0.812. The van der Waals surface area contributed by atoms with Crippen LogP contribution < -0.4 is 5.56 Å². The minimum Gasteiger partial charge on any atom is -0.396 e. The summed E-state index contributed by atoms with van der Waals surface area (Å²) in [4.78, 5) is 30.9. The molecule has 1 amide bonds. The second kappa shape index (κ2) is 9.40. The topological polar surface area (TPSA) is 65.8 Å². The molecule has 7 heteroatoms. The largest absolute Gasteiger partial charge is 0.396 e. The summed E-state index contributed by atoms with van der Waals surface area (Å²) >= 11 is 0. The van der Waals surface area contributed by atoms with Crippen LogP contribution in [0, 0.1) is 17.7 Å². The molecule has 1 aromatic heterocycles. The molecule has 1 fully saturated rings. The lowest BCUT2D eigenvalue weighted by Crippen LogP contribution is -2.47. The molecule has 3 aromatic rings. The predicted molar refractivity (Wildman–Crippen MR) is 132 cm³/mol. The lowest BCUT2D eigenvalue weighted by Gasteiger charge is -2.38. The van der Waals surface area contributed by atoms with Gasteiger partial charge in [-0.15, -0.1) is 0 Å². The average molecular weight is 476 g/mol. The third-order valence-corrected chi connectivity index (χ3v) is 7.55. The van der Waals surface area contributed by atoms with Crippen LogP contribution in [0.25, 0.3) is 11.1 Å². The summed E-state index contributed by atoms with van der Waals surface area (Å²) in [5.74, 6) is -1.11. The molecule has 6 nitrogen and oxygen atoms in total. The molecule has 1 saturated heterocycles. The van der Waals surface area contributed by atoms with Crippen LogP contribution >= 0.6 is 0 Å². The van der Waals surface area contributed by atoms with Crippen LogP contribution in [0.1, 0.15) is 17.3 Å². The molecule has 2 aromatic carbocycles. The van der Waals surface area contributed by atoms with E-state index in [0.717, 1.165) is 18.7 Å². The fourth-order valence-electron chi connectivity index (χ4n) is 5.86. The van der Waals surface area contributed by atoms with E-state index in [2.05, 4.69) is 17.0 Å². The van der Waals surface area contributed by atoms with E-state index < -0.39 is 5.92 Å². The molecule has 5 rings (SSSR count). The first-order valence-corrected chi connectivity index (χ1v) is 12.0. The Morgan fingerprint density at radius 1 is 1.06 bits per heavy atom. The van der Waals surface area contributed by atoms with Crippen molar-refractivity contribution >= 4 is 5.91 Å². The first-order chi connectivity index (χ1) is 16.9. The number of rotatable bonds is 6. The Hall–Kier alpha value is -3.29. The smallest absolute Gasteiger partial charge is 0.258 e. The normalized spacial score (nSPS) is 23.2. The summed E-state index contributed by atoms with van der Waals surface area (Å²) in [5.41, 5.74) is 3.01. The number of carbonyl (C=O) groups excluding carboxylic acids is 1. The van der Waals surface area contributed by atoms with Gasteiger partial charge in [-0.25, -0.2) is 4.39 Å². The lowest BCUT2D eigenvalue weighted by atomic mass is 9.86. The summed E-state index contributed by atoms with van der Waals surface area (Å²) < 4.78 is 15.2. The van der Waals surface area contributed by atoms with Gasteiger partial charge in [0.25, 0.3) is 5.56 Å². The minimum atomic E-state index is -0.444. The summed E-state index contributed by atoms with van der Waals surface area (Å²) in [5, 5.41) is 10.4. The maximum Gasteiger partial charge on any atom is 0.258 e. The zero-order valence-corrected chi connectivity index (χ0v) is 20.0. The number of aliphatic hydroxyl groups is 1. The van der Waals surface area contributed by atoms with Crippen molar-refractivity contribution in [1.82, 2.24) is 14.4 Å². The number of amides is 1. The van der Waals surface area contributed by atoms with Crippen molar-refractivity contribution in [1.29, 1.82) is 0 Å². The van der Waals surface area contributed by atoms with Crippen LogP contribution in [0.4, 0.5) is 4.39 Å². The SMILES string of the molecule is CN(C)C(=O)[C@H]1[C@H](CO)[C@H]2Cn3c(ccc(-c4ccc(F)cc4)c3=O)[C@@H]1N2CCc1ccccc1. The third-order valence-electron chi connectivity index (χ3n) is 7.55. The van der Waals surface area contributed by atoms with Gasteiger partial charge in [-0.1, -0.05) is 42.5 Å². The Morgan fingerprint density at radius 3 is 2.43 bits per heavy atom. The van der Waals surface area contributed by atoms with Gasteiger partial charge in [-0.2, -0.15) is 0 Å². The first kappa shape index (κ1) is 23.5. The second-order valence-corrected chi connectivity index (χ2v) is 9.69. The van der Waals surface area contributed by atoms with Crippen LogP contribution in [0.15, 0.2) is 71.5 Å². The lowest BCUT2D eigenvalue weighted by molar-refractivity contribution is -0.135. The van der Waals surface area contributed by atoms with Gasteiger partial charge in [-0.3, -0.25) is 14.5 Å². The molecule has 182 valence electrons. The van der Waals surface area contributed by atoms with Crippen molar-refractivity contribution < 1.29 is 14.3 Å². The number of carbonyl (C=O) groups is 1. The van der Waals surface area contributed by atoms with E-state index >= 15 is 0 Å². The zero-order chi connectivity index (χ0) is 24.7. The number of hydrogen-bond donors (Lipinski definition) is 1. The van der Waals surface area contributed by atoms with Gasteiger partial charge < -0.3 is 14.6 Å². The maximum absolute atomic E-state index is 13.6. The number of halogens is 1. The third kappa shape index (κ3) is 4.09. The molecular formula is C28H30FN3O3. The van der Waals surface area contributed by atoms with E-state index in [1.165, 1.54) is 17.7 Å². The van der Waals surface area contributed by atoms with Crippen LogP contribution in [0.3, 0.4) is 0 Å². The van der Waals surface area contributed by atoms with Crippen LogP contribution in [-0.2, 0) is 17.8 Å². The average Bonchev–Trinajstić information content (AvgIpc) is 3.08. The van der Waals surface area contributed by atoms with E-state index in [4.69, 9.17) is 0 Å². The summed E-state index contributed by atoms with van der Waals surface area (Å²) in [7, 11) is 3.47. The molecular weight excluding hydrogens is 445 g/mol. The Balaban J connectivity index is 1.58. The highest BCUT2D eigenvalue weighted by Crippen LogP contribution is 2.48. The van der Waals surface area contributed by atoms with Crippen molar-refractivity contribution in [3.05, 3.63) is 94.2 Å². The highest BCUT2D eigenvalue weighted by molar-refractivity contribution is 5.80. The fraction of sp³-hybridized carbons (Fsp3) is 0.357. The quantitative estimate of drug-likeness (QED) is 0.596. The van der Waals surface area contributed by atoms with E-state index in [0.29, 0.717) is 17.7 Å². The van der Waals surface area contributed by atoms with Crippen molar-refractivity contribution in [2.75, 3.05) is 27.2 Å². The molecule has 1 N–H and O–H groups in total. The molecule has 2 aliphatic rings. The van der Waals surface area contributed by atoms with E-state index in [1.807, 2.05) is 24.3 Å². The minimum absolute atomic E-state index is 0.0372. The Kier molecular flexibility index (Phi) is 6.30. The molecule has 0 spiro atoms. The standard InChI is InChI=1S/C28H30FN3O3/c1-30(2)28(35)25-22(17-33)24-16-32-23(26(25)31(24)15-14-18-6-4-3-5-7-18)13-12-21(27(32)34)19-8-10-20(29)11-9-19/h3-13,22,24-26,33H,14-17H2,1-2H3/t22-,24-,25+,26+/m1/s1. The predicted octanol–water partition coefficient (Wildman–Crippen LogP) is 2.95. The molecule has 35 heavy (non-hydrogen) atoms. The summed E-state index contributed by atoms with van der Waals surface area (Å²) in [6, 6.07) is 19.4. The van der Waals surface area contributed by atoms with Gasteiger partial charge in [0.05, 0.1) is 12.0 Å². The van der Waals surface area contributed by atoms with Gasteiger partial charge in [0, 0.05) is 57.0 Å². The number of nitrogens with zero attached hydrogens (tertiary/aromatic N) is 3. The molecule has 0 aliphatic carbocycles. The fourth-order valence-corrected chi connectivity index (χ4v) is 5.86. The highest BCUT2D eigenvalue weighted by atomic mass is 19.1. The molecule has 4 atom stereocenters. The van der Waals surface area contributed by atoms with Crippen molar-refractivity contribution in [3.63, 3.8) is 0 Å². The molecule has 0 saturated carbocycles. The van der Waals surface area contributed by atoms with Gasteiger partial charge in [0.1, 0.15) is 5.82 Å². The van der Waals surface area contributed by atoms with Gasteiger partial charge in [0.2, 0.25) is 5.91 Å². The van der Waals surface area contributed by atoms with Gasteiger partial charge in [-0.05, 0) is 41.8 Å². The molecule has 3 heterocycles. The Bertz CT molecular complexity index is 1270. The molecule has 0 unspecified atom stereocenters. The zero-order valence-electron chi connectivity index (χ0n) is 20.0. The van der Waals surface area contributed by atoms with E-state index in [-0.39, 0.29) is 41.9 Å². The molecule has 0 radical (unpaired) electrons. The van der Waals surface area contributed by atoms with Crippen molar-refractivity contribution in [3.8, 4) is 11.1 Å². The molecule has 2 aliphatic heterocycles. The molecule has 2 bridgehead atoms. The number of aliphatic hydroxyl groups excluding tert-OH is 1. The van der Waals surface area contributed by atoms with E-state index in [9.17, 15) is 19.1 Å². The van der Waals surface area contributed by atoms with Crippen LogP contribution in [0.5, 0.6) is 0 Å². The van der Waals surface area contributed by atoms with Gasteiger partial charge in [0.15, 0.2) is 0 Å². The Labute approximate surface area is 204 Å². The van der Waals surface area contributed by atoms with Crippen LogP contribution in [-0.4, -0.2) is 58.7 Å². The maximum atomic E-state index is 13.6. The monoisotopic (exact) mass is 475 g/mol. The summed E-state index contributed by atoms with van der Waals surface area (Å²) in [6.45, 7) is 0.999. The number of fused-ring (bicyclic) bond motifs is 4. The number of benzene rings is 2. The van der Waals surface area contributed by atoms with E-state index in [1.54, 1.807) is 41.8 Å². The number of aromatic nitrogens is 1. The second-order valence-electron chi connectivity index (χ2n) is 9.69. The Morgan fingerprint density at radius 2 is 1.77 bits per heavy atom. The number of hydrogen-bond acceptors (Lipinski definition) is 4. The van der Waals surface area contributed by atoms with Gasteiger partial charge >= 0.3 is 0 Å². The van der Waals surface area contributed by atoms with Crippen molar-refractivity contribution in [2.45, 2.75) is 25.0 Å². The van der Waals surface area contributed by atoms with Crippen molar-refractivity contribution in [2.24, 2.45) is 11.8 Å².